The minimum absolute atomic E-state index is 0.00258. The molecule has 29 heavy (non-hydrogen) atoms. The molecule has 1 aromatic heterocycles. The number of piperazine rings is 1. The molecule has 1 saturated carbocycles. The quantitative estimate of drug-likeness (QED) is 0.785. The van der Waals surface area contributed by atoms with Crippen LogP contribution in [0.2, 0.25) is 0 Å². The van der Waals surface area contributed by atoms with Crippen LogP contribution in [0.5, 0.6) is 5.75 Å². The lowest BCUT2D eigenvalue weighted by molar-refractivity contribution is 0.143. The molecular formula is C20H23F2N3O4. The van der Waals surface area contributed by atoms with Crippen molar-refractivity contribution in [2.45, 2.75) is 38.8 Å². The fraction of sp³-hybridized carbons (Fsp3) is 0.500. The molecule has 2 fully saturated rings. The Morgan fingerprint density at radius 3 is 2.62 bits per heavy atom. The van der Waals surface area contributed by atoms with E-state index in [0.717, 1.165) is 25.5 Å². The third-order valence-electron chi connectivity index (χ3n) is 5.78. The van der Waals surface area contributed by atoms with Crippen molar-refractivity contribution in [1.29, 1.82) is 0 Å². The lowest BCUT2D eigenvalue weighted by Gasteiger charge is -2.40. The number of benzene rings is 1. The maximum absolute atomic E-state index is 15.6. The van der Waals surface area contributed by atoms with Gasteiger partial charge in [0.05, 0.1) is 17.1 Å². The Labute approximate surface area is 166 Å². The monoisotopic (exact) mass is 407 g/mol. The standard InChI is InChI=1S/C20H23F2N3O4/c1-3-23-6-7-24(9-11(23)2)18-14(21)8-13-17(16(18)22)25(12-4-5-12)10-15(19(13)26)29-20(27)28/h8,10-12H,3-7,9H2,1-2H3,(H,27,28). The van der Waals surface area contributed by atoms with E-state index in [0.29, 0.717) is 19.6 Å². The van der Waals surface area contributed by atoms with Crippen molar-refractivity contribution in [3.05, 3.63) is 34.1 Å². The van der Waals surface area contributed by atoms with E-state index >= 15 is 4.39 Å². The van der Waals surface area contributed by atoms with Crippen LogP contribution in [0.4, 0.5) is 19.3 Å². The highest BCUT2D eigenvalue weighted by Crippen LogP contribution is 2.40. The van der Waals surface area contributed by atoms with E-state index in [-0.39, 0.29) is 28.7 Å². The van der Waals surface area contributed by atoms with Crippen LogP contribution >= 0.6 is 0 Å². The molecule has 1 aliphatic carbocycles. The van der Waals surface area contributed by atoms with Crippen LogP contribution in [-0.2, 0) is 0 Å². The number of hydrogen-bond acceptors (Lipinski definition) is 5. The summed E-state index contributed by atoms with van der Waals surface area (Å²) in [4.78, 5) is 27.5. The number of aromatic nitrogens is 1. The van der Waals surface area contributed by atoms with Crippen LogP contribution in [0, 0.1) is 11.6 Å². The van der Waals surface area contributed by atoms with E-state index in [1.165, 1.54) is 10.8 Å². The molecule has 1 N–H and O–H groups in total. The lowest BCUT2D eigenvalue weighted by atomic mass is 10.1. The average molecular weight is 407 g/mol. The fourth-order valence-corrected chi connectivity index (χ4v) is 4.17. The molecule has 1 unspecified atom stereocenters. The van der Waals surface area contributed by atoms with Crippen LogP contribution in [0.15, 0.2) is 17.1 Å². The van der Waals surface area contributed by atoms with Crippen molar-refractivity contribution in [3.8, 4) is 5.75 Å². The van der Waals surface area contributed by atoms with Gasteiger partial charge < -0.3 is 19.3 Å². The topological polar surface area (TPSA) is 75.0 Å². The highest BCUT2D eigenvalue weighted by atomic mass is 19.1. The van der Waals surface area contributed by atoms with Crippen LogP contribution in [0.1, 0.15) is 32.7 Å². The first-order valence-corrected chi connectivity index (χ1v) is 9.78. The van der Waals surface area contributed by atoms with Crippen molar-refractivity contribution < 1.29 is 23.4 Å². The second kappa shape index (κ2) is 7.29. The van der Waals surface area contributed by atoms with Gasteiger partial charge in [0, 0.05) is 31.7 Å². The highest BCUT2D eigenvalue weighted by molar-refractivity contribution is 5.86. The second-order valence-electron chi connectivity index (χ2n) is 7.67. The summed E-state index contributed by atoms with van der Waals surface area (Å²) >= 11 is 0. The molecule has 2 heterocycles. The van der Waals surface area contributed by atoms with E-state index in [1.807, 2.05) is 6.92 Å². The van der Waals surface area contributed by atoms with E-state index in [1.54, 1.807) is 4.90 Å². The molecule has 0 amide bonds. The van der Waals surface area contributed by atoms with Crippen molar-refractivity contribution in [2.75, 3.05) is 31.1 Å². The third-order valence-corrected chi connectivity index (χ3v) is 5.78. The molecule has 156 valence electrons. The fourth-order valence-electron chi connectivity index (χ4n) is 4.17. The summed E-state index contributed by atoms with van der Waals surface area (Å²) in [5.74, 6) is -2.07. The lowest BCUT2D eigenvalue weighted by Crippen LogP contribution is -2.52. The van der Waals surface area contributed by atoms with Gasteiger partial charge in [0.15, 0.2) is 11.6 Å². The second-order valence-corrected chi connectivity index (χ2v) is 7.67. The molecule has 0 spiro atoms. The van der Waals surface area contributed by atoms with Crippen LogP contribution in [0.3, 0.4) is 0 Å². The summed E-state index contributed by atoms with van der Waals surface area (Å²) in [5, 5.41) is 8.66. The van der Waals surface area contributed by atoms with Gasteiger partial charge >= 0.3 is 6.16 Å². The summed E-state index contributed by atoms with van der Waals surface area (Å²) < 4.78 is 36.7. The maximum atomic E-state index is 15.6. The number of carboxylic acid groups (broad SMARTS) is 1. The molecule has 2 aliphatic rings. The van der Waals surface area contributed by atoms with Gasteiger partial charge in [-0.2, -0.15) is 0 Å². The normalized spacial score (nSPS) is 20.3. The van der Waals surface area contributed by atoms with Gasteiger partial charge in [0.25, 0.3) is 0 Å². The van der Waals surface area contributed by atoms with Crippen LogP contribution < -0.4 is 15.1 Å². The minimum Gasteiger partial charge on any atom is -0.449 e. The molecule has 0 bridgehead atoms. The van der Waals surface area contributed by atoms with Gasteiger partial charge in [-0.3, -0.25) is 9.69 Å². The number of rotatable bonds is 4. The van der Waals surface area contributed by atoms with Gasteiger partial charge in [0.1, 0.15) is 11.5 Å². The molecule has 1 atom stereocenters. The number of pyridine rings is 1. The summed E-state index contributed by atoms with van der Waals surface area (Å²) in [5.41, 5.74) is -0.981. The van der Waals surface area contributed by atoms with E-state index in [4.69, 9.17) is 5.11 Å². The van der Waals surface area contributed by atoms with Crippen molar-refractivity contribution in [2.24, 2.45) is 0 Å². The molecule has 9 heteroatoms. The number of likely N-dealkylation sites (N-methyl/N-ethyl adjacent to an activating group) is 1. The molecule has 1 saturated heterocycles. The largest absolute Gasteiger partial charge is 0.511 e. The first-order chi connectivity index (χ1) is 13.8. The number of nitrogens with zero attached hydrogens (tertiary/aromatic N) is 3. The Morgan fingerprint density at radius 2 is 2.03 bits per heavy atom. The number of anilines is 1. The Morgan fingerprint density at radius 1 is 1.31 bits per heavy atom. The first-order valence-electron chi connectivity index (χ1n) is 9.78. The smallest absolute Gasteiger partial charge is 0.449 e. The SMILES string of the molecule is CCN1CCN(c2c(F)cc3c(=O)c(OC(=O)O)cn(C4CC4)c3c2F)CC1C. The van der Waals surface area contributed by atoms with Crippen molar-refractivity contribution >= 4 is 22.7 Å². The number of fused-ring (bicyclic) bond motifs is 1. The van der Waals surface area contributed by atoms with Gasteiger partial charge in [-0.05, 0) is 32.4 Å². The Balaban J connectivity index is 1.88. The summed E-state index contributed by atoms with van der Waals surface area (Å²) in [6, 6.07) is 1.07. The molecule has 7 nitrogen and oxygen atoms in total. The molecule has 2 aromatic rings. The van der Waals surface area contributed by atoms with E-state index < -0.39 is 29.0 Å². The number of hydrogen-bond donors (Lipinski definition) is 1. The van der Waals surface area contributed by atoms with Crippen molar-refractivity contribution in [1.82, 2.24) is 9.47 Å². The highest BCUT2D eigenvalue weighted by Gasteiger charge is 2.32. The predicted octanol–water partition coefficient (Wildman–Crippen LogP) is 3.20. The Bertz CT molecular complexity index is 1030. The Hall–Kier alpha value is -2.68. The van der Waals surface area contributed by atoms with Crippen molar-refractivity contribution in [3.63, 3.8) is 0 Å². The first kappa shape index (κ1) is 19.6. The van der Waals surface area contributed by atoms with Gasteiger partial charge in [-0.1, -0.05) is 6.92 Å². The van der Waals surface area contributed by atoms with Gasteiger partial charge in [-0.25, -0.2) is 13.6 Å². The molecule has 4 rings (SSSR count). The molecule has 1 aliphatic heterocycles. The summed E-state index contributed by atoms with van der Waals surface area (Å²) in [6.07, 6.45) is 1.11. The zero-order chi connectivity index (χ0) is 20.9. The minimum atomic E-state index is -1.65. The molecule has 0 radical (unpaired) electrons. The zero-order valence-electron chi connectivity index (χ0n) is 16.3. The van der Waals surface area contributed by atoms with E-state index in [2.05, 4.69) is 16.6 Å². The van der Waals surface area contributed by atoms with Gasteiger partial charge in [0.2, 0.25) is 5.43 Å². The van der Waals surface area contributed by atoms with Gasteiger partial charge in [-0.15, -0.1) is 0 Å². The maximum Gasteiger partial charge on any atom is 0.511 e. The number of carbonyl (C=O) groups is 1. The Kier molecular flexibility index (Phi) is 4.94. The zero-order valence-corrected chi connectivity index (χ0v) is 16.3. The number of ether oxygens (including phenoxy) is 1. The van der Waals surface area contributed by atoms with Crippen LogP contribution in [0.25, 0.3) is 10.9 Å². The summed E-state index contributed by atoms with van der Waals surface area (Å²) in [7, 11) is 0. The number of halogens is 2. The average Bonchev–Trinajstić information content (AvgIpc) is 3.49. The predicted molar refractivity (Wildman–Crippen MR) is 104 cm³/mol. The molecule has 1 aromatic carbocycles. The molecular weight excluding hydrogens is 384 g/mol. The third kappa shape index (κ3) is 3.43. The van der Waals surface area contributed by atoms with E-state index in [9.17, 15) is 14.0 Å². The van der Waals surface area contributed by atoms with Crippen LogP contribution in [-0.4, -0.2) is 52.9 Å². The summed E-state index contributed by atoms with van der Waals surface area (Å²) in [6.45, 7) is 6.57.